The largest absolute Gasteiger partial charge is 0.308 e. The molecule has 0 unspecified atom stereocenters. The van der Waals surface area contributed by atoms with Crippen molar-refractivity contribution in [1.82, 2.24) is 19.1 Å². The fourth-order valence-electron chi connectivity index (χ4n) is 10.4. The second-order valence-electron chi connectivity index (χ2n) is 19.0. The molecule has 12 aromatic rings. The van der Waals surface area contributed by atoms with Crippen LogP contribution in [0.15, 0.2) is 188 Å². The molecule has 0 aliphatic carbocycles. The molecule has 0 N–H and O–H groups in total. The number of fused-ring (bicyclic) bond motifs is 6. The molecule has 0 saturated heterocycles. The SMILES string of the molecule is Cc1ccc(-c2ccc3c(c2)c2cc(-c4ccc(C)cc4)ccc2n3-c2cc(C#N)cc(-n3c4ccc(-c5ccc(C)cc5)cc4c4cc(-c5ccc(C)cc5)ccc43)c2-c2nc(C)cc(C)n2)cc1. The minimum atomic E-state index is 0.531. The fraction of sp³-hybridized carbons (Fsp3) is 0.0923. The van der Waals surface area contributed by atoms with Gasteiger partial charge >= 0.3 is 0 Å². The van der Waals surface area contributed by atoms with Crippen LogP contribution < -0.4 is 0 Å². The highest BCUT2D eigenvalue weighted by atomic mass is 15.0. The van der Waals surface area contributed by atoms with E-state index in [0.717, 1.165) is 116 Å². The van der Waals surface area contributed by atoms with Crippen LogP contribution in [0.25, 0.3) is 111 Å². The molecule has 70 heavy (non-hydrogen) atoms. The third-order valence-electron chi connectivity index (χ3n) is 14.0. The van der Waals surface area contributed by atoms with Crippen LogP contribution in [-0.2, 0) is 0 Å². The van der Waals surface area contributed by atoms with E-state index in [1.807, 2.05) is 32.0 Å². The molecule has 0 fully saturated rings. The van der Waals surface area contributed by atoms with E-state index < -0.39 is 0 Å². The average molecular weight is 900 g/mol. The summed E-state index contributed by atoms with van der Waals surface area (Å²) >= 11 is 0. The van der Waals surface area contributed by atoms with Crippen LogP contribution in [0.2, 0.25) is 0 Å². The van der Waals surface area contributed by atoms with Crippen LogP contribution in [0.1, 0.15) is 39.2 Å². The number of aromatic nitrogens is 4. The van der Waals surface area contributed by atoms with Gasteiger partial charge < -0.3 is 9.13 Å². The molecule has 0 aliphatic heterocycles. The van der Waals surface area contributed by atoms with E-state index >= 15 is 0 Å². The van der Waals surface area contributed by atoms with Crippen LogP contribution in [0.5, 0.6) is 0 Å². The van der Waals surface area contributed by atoms with Crippen molar-refractivity contribution in [2.24, 2.45) is 0 Å². The lowest BCUT2D eigenvalue weighted by Gasteiger charge is -2.20. The third kappa shape index (κ3) is 7.33. The summed E-state index contributed by atoms with van der Waals surface area (Å²) in [7, 11) is 0. The Bertz CT molecular complexity index is 3630. The number of nitrogens with zero attached hydrogens (tertiary/aromatic N) is 5. The summed E-state index contributed by atoms with van der Waals surface area (Å²) in [6.07, 6.45) is 0. The molecule has 0 saturated carbocycles. The summed E-state index contributed by atoms with van der Waals surface area (Å²) in [5, 5.41) is 15.6. The topological polar surface area (TPSA) is 59.4 Å². The molecule has 5 nitrogen and oxygen atoms in total. The minimum Gasteiger partial charge on any atom is -0.308 e. The molecule has 3 heterocycles. The number of nitriles is 1. The molecule has 334 valence electrons. The van der Waals surface area contributed by atoms with Crippen LogP contribution >= 0.6 is 0 Å². The standard InChI is InChI=1S/C65H49N5/c1-39-7-15-46(16-8-39)50-23-27-58-54(34-50)55-35-51(47-17-9-40(2)10-18-47)24-28-59(55)69(58)62-32-45(38-66)33-63(64(62)65-67-43(5)31-44(6)68-65)70-60-29-25-52(48-19-11-41(3)12-20-48)36-56(60)57-37-53(26-30-61(57)70)49-21-13-42(4)14-22-49/h7-37H,1-6H3. The summed E-state index contributed by atoms with van der Waals surface area (Å²) in [5.41, 5.74) is 22.9. The van der Waals surface area contributed by atoms with Gasteiger partial charge in [0, 0.05) is 32.9 Å². The maximum Gasteiger partial charge on any atom is 0.163 e. The molecule has 0 bridgehead atoms. The summed E-state index contributed by atoms with van der Waals surface area (Å²) < 4.78 is 4.67. The first-order valence-corrected chi connectivity index (χ1v) is 23.9. The predicted molar refractivity (Wildman–Crippen MR) is 291 cm³/mol. The van der Waals surface area contributed by atoms with Crippen LogP contribution in [0.3, 0.4) is 0 Å². The molecule has 12 rings (SSSR count). The Labute approximate surface area is 408 Å². The van der Waals surface area contributed by atoms with Gasteiger partial charge in [-0.25, -0.2) is 9.97 Å². The lowest BCUT2D eigenvalue weighted by Crippen LogP contribution is -2.07. The lowest BCUT2D eigenvalue weighted by molar-refractivity contribution is 1.04. The van der Waals surface area contributed by atoms with Crippen molar-refractivity contribution in [1.29, 1.82) is 5.26 Å². The second kappa shape index (κ2) is 16.7. The first-order chi connectivity index (χ1) is 34.1. The number of hydrogen-bond donors (Lipinski definition) is 0. The maximum atomic E-state index is 11.1. The second-order valence-corrected chi connectivity index (χ2v) is 19.0. The van der Waals surface area contributed by atoms with Crippen molar-refractivity contribution >= 4 is 43.6 Å². The Kier molecular flexibility index (Phi) is 10.2. The van der Waals surface area contributed by atoms with E-state index in [0.29, 0.717) is 11.4 Å². The molecule has 0 atom stereocenters. The fourth-order valence-corrected chi connectivity index (χ4v) is 10.4. The first-order valence-electron chi connectivity index (χ1n) is 23.9. The van der Waals surface area contributed by atoms with E-state index in [1.54, 1.807) is 0 Å². The highest BCUT2D eigenvalue weighted by molar-refractivity contribution is 6.14. The smallest absolute Gasteiger partial charge is 0.163 e. The summed E-state index contributed by atoms with van der Waals surface area (Å²) in [4.78, 5) is 10.5. The lowest BCUT2D eigenvalue weighted by atomic mass is 9.99. The van der Waals surface area contributed by atoms with E-state index in [1.165, 1.54) is 22.3 Å². The highest BCUT2D eigenvalue weighted by Crippen LogP contribution is 2.45. The Hall–Kier alpha value is -8.85. The Morgan fingerprint density at radius 2 is 0.600 bits per heavy atom. The van der Waals surface area contributed by atoms with Crippen molar-refractivity contribution in [3.8, 4) is 73.3 Å². The first kappa shape index (κ1) is 42.5. The molecular weight excluding hydrogens is 851 g/mol. The van der Waals surface area contributed by atoms with Gasteiger partial charge in [0.05, 0.1) is 50.6 Å². The van der Waals surface area contributed by atoms with Crippen molar-refractivity contribution in [2.75, 3.05) is 0 Å². The van der Waals surface area contributed by atoms with Gasteiger partial charge in [0.25, 0.3) is 0 Å². The van der Waals surface area contributed by atoms with E-state index in [9.17, 15) is 5.26 Å². The van der Waals surface area contributed by atoms with Crippen molar-refractivity contribution in [3.63, 3.8) is 0 Å². The Morgan fingerprint density at radius 3 is 0.871 bits per heavy atom. The predicted octanol–water partition coefficient (Wildman–Crippen LogP) is 16.7. The quantitative estimate of drug-likeness (QED) is 0.160. The van der Waals surface area contributed by atoms with Crippen molar-refractivity contribution < 1.29 is 0 Å². The molecule has 0 radical (unpaired) electrons. The minimum absolute atomic E-state index is 0.531. The Balaban J connectivity index is 1.19. The highest BCUT2D eigenvalue weighted by Gasteiger charge is 2.26. The number of hydrogen-bond acceptors (Lipinski definition) is 3. The van der Waals surface area contributed by atoms with Gasteiger partial charge in [-0.3, -0.25) is 0 Å². The molecular formula is C65H49N5. The number of rotatable bonds is 7. The van der Waals surface area contributed by atoms with E-state index in [4.69, 9.17) is 9.97 Å². The zero-order valence-corrected chi connectivity index (χ0v) is 40.1. The van der Waals surface area contributed by atoms with Crippen molar-refractivity contribution in [2.45, 2.75) is 41.5 Å². The normalized spacial score (nSPS) is 11.6. The van der Waals surface area contributed by atoms with Crippen LogP contribution in [0, 0.1) is 52.9 Å². The van der Waals surface area contributed by atoms with Gasteiger partial charge in [0.2, 0.25) is 0 Å². The molecule has 3 aromatic heterocycles. The van der Waals surface area contributed by atoms with Gasteiger partial charge in [-0.15, -0.1) is 0 Å². The maximum absolute atomic E-state index is 11.1. The van der Waals surface area contributed by atoms with E-state index in [-0.39, 0.29) is 0 Å². The third-order valence-corrected chi connectivity index (χ3v) is 14.0. The van der Waals surface area contributed by atoms with Crippen molar-refractivity contribution in [3.05, 3.63) is 227 Å². The van der Waals surface area contributed by atoms with Gasteiger partial charge in [-0.1, -0.05) is 144 Å². The van der Waals surface area contributed by atoms with Crippen LogP contribution in [-0.4, -0.2) is 19.1 Å². The molecule has 0 spiro atoms. The molecule has 9 aromatic carbocycles. The molecule has 0 amide bonds. The van der Waals surface area contributed by atoms with E-state index in [2.05, 4.69) is 213 Å². The molecule has 5 heteroatoms. The Morgan fingerprint density at radius 1 is 0.329 bits per heavy atom. The summed E-state index contributed by atoms with van der Waals surface area (Å²) in [5.74, 6) is 0.595. The van der Waals surface area contributed by atoms with Gasteiger partial charge in [0.1, 0.15) is 0 Å². The summed E-state index contributed by atoms with van der Waals surface area (Å²) in [6, 6.07) is 70.7. The van der Waals surface area contributed by atoms with Gasteiger partial charge in [-0.05, 0) is 153 Å². The zero-order chi connectivity index (χ0) is 47.8. The van der Waals surface area contributed by atoms with Gasteiger partial charge in [-0.2, -0.15) is 5.26 Å². The summed E-state index contributed by atoms with van der Waals surface area (Å²) in [6.45, 7) is 12.6. The number of aryl methyl sites for hydroxylation is 6. The monoisotopic (exact) mass is 899 g/mol. The number of benzene rings is 9. The van der Waals surface area contributed by atoms with Crippen LogP contribution in [0.4, 0.5) is 0 Å². The molecule has 0 aliphatic rings. The zero-order valence-electron chi connectivity index (χ0n) is 40.1. The van der Waals surface area contributed by atoms with Gasteiger partial charge in [0.15, 0.2) is 5.82 Å². The average Bonchev–Trinajstić information content (AvgIpc) is 3.87.